The Bertz CT molecular complexity index is 604. The number of hydrogen-bond donors (Lipinski definition) is 1. The summed E-state index contributed by atoms with van der Waals surface area (Å²) in [5, 5.41) is 0. The molecule has 0 aliphatic heterocycles. The average Bonchev–Trinajstić information content (AvgIpc) is 3.10. The Labute approximate surface area is 119 Å². The summed E-state index contributed by atoms with van der Waals surface area (Å²) in [7, 11) is 0. The molecule has 1 aromatic heterocycles. The molecule has 1 aliphatic rings. The van der Waals surface area contributed by atoms with Crippen LogP contribution >= 0.6 is 22.6 Å². The van der Waals surface area contributed by atoms with Gasteiger partial charge in [0.1, 0.15) is 5.82 Å². The molecular formula is C13H15FIN3. The third-order valence-corrected chi connectivity index (χ3v) is 4.54. The third-order valence-electron chi connectivity index (χ3n) is 3.72. The van der Waals surface area contributed by atoms with Crippen LogP contribution < -0.4 is 5.73 Å². The van der Waals surface area contributed by atoms with Crippen LogP contribution in [0, 0.1) is 21.2 Å². The molecule has 18 heavy (non-hydrogen) atoms. The van der Waals surface area contributed by atoms with E-state index in [2.05, 4.69) is 11.9 Å². The highest BCUT2D eigenvalue weighted by Crippen LogP contribution is 2.38. The van der Waals surface area contributed by atoms with E-state index in [1.54, 1.807) is 12.1 Å². The number of nitrogen functional groups attached to an aromatic ring is 1. The van der Waals surface area contributed by atoms with Gasteiger partial charge >= 0.3 is 0 Å². The minimum Gasteiger partial charge on any atom is -0.369 e. The molecule has 1 aromatic carbocycles. The minimum atomic E-state index is -0.205. The van der Waals surface area contributed by atoms with Gasteiger partial charge in [0.15, 0.2) is 0 Å². The summed E-state index contributed by atoms with van der Waals surface area (Å²) in [4.78, 5) is 4.32. The smallest absolute Gasteiger partial charge is 0.201 e. The molecule has 2 N–H and O–H groups in total. The number of benzene rings is 1. The van der Waals surface area contributed by atoms with Crippen molar-refractivity contribution in [3.05, 3.63) is 21.5 Å². The lowest BCUT2D eigenvalue weighted by atomic mass is 10.1. The lowest BCUT2D eigenvalue weighted by molar-refractivity contribution is 0.439. The van der Waals surface area contributed by atoms with Gasteiger partial charge in [-0.05, 0) is 53.3 Å². The molecule has 1 atom stereocenters. The summed E-state index contributed by atoms with van der Waals surface area (Å²) in [5.41, 5.74) is 7.53. The molecular weight excluding hydrogens is 344 g/mol. The largest absolute Gasteiger partial charge is 0.369 e. The van der Waals surface area contributed by atoms with Crippen molar-refractivity contribution in [2.24, 2.45) is 11.8 Å². The van der Waals surface area contributed by atoms with Crippen LogP contribution in [0.1, 0.15) is 19.8 Å². The molecule has 1 unspecified atom stereocenters. The molecule has 0 radical (unpaired) electrons. The van der Waals surface area contributed by atoms with Crippen molar-refractivity contribution in [3.8, 4) is 0 Å². The molecule has 0 amide bonds. The predicted octanol–water partition coefficient (Wildman–Crippen LogP) is 3.41. The van der Waals surface area contributed by atoms with Crippen molar-refractivity contribution in [1.29, 1.82) is 0 Å². The Hall–Kier alpha value is -0.850. The SMILES string of the molecule is CC(Cn1c(N)nc2cc(I)c(F)cc21)C1CC1. The summed E-state index contributed by atoms with van der Waals surface area (Å²) in [5.74, 6) is 1.66. The lowest BCUT2D eigenvalue weighted by Gasteiger charge is -2.13. The number of fused-ring (bicyclic) bond motifs is 1. The maximum absolute atomic E-state index is 13.7. The van der Waals surface area contributed by atoms with Crippen LogP contribution in [0.5, 0.6) is 0 Å². The minimum absolute atomic E-state index is 0.205. The van der Waals surface area contributed by atoms with Gasteiger partial charge in [-0.25, -0.2) is 9.37 Å². The van der Waals surface area contributed by atoms with Gasteiger partial charge in [-0.15, -0.1) is 0 Å². The fourth-order valence-corrected chi connectivity index (χ4v) is 2.88. The quantitative estimate of drug-likeness (QED) is 0.854. The molecule has 0 bridgehead atoms. The first-order valence-corrected chi connectivity index (χ1v) is 7.25. The number of imidazole rings is 1. The van der Waals surface area contributed by atoms with E-state index in [-0.39, 0.29) is 5.82 Å². The van der Waals surface area contributed by atoms with Crippen LogP contribution in [0.25, 0.3) is 11.0 Å². The molecule has 1 saturated carbocycles. The highest BCUT2D eigenvalue weighted by Gasteiger charge is 2.28. The summed E-state index contributed by atoms with van der Waals surface area (Å²) in [6.45, 7) is 3.05. The topological polar surface area (TPSA) is 43.8 Å². The molecule has 1 aliphatic carbocycles. The van der Waals surface area contributed by atoms with Crippen LogP contribution in [0.4, 0.5) is 10.3 Å². The van der Waals surface area contributed by atoms with Crippen molar-refractivity contribution >= 4 is 39.6 Å². The van der Waals surface area contributed by atoms with Crippen LogP contribution in [0.15, 0.2) is 12.1 Å². The van der Waals surface area contributed by atoms with Crippen LogP contribution in [0.3, 0.4) is 0 Å². The lowest BCUT2D eigenvalue weighted by Crippen LogP contribution is -2.11. The van der Waals surface area contributed by atoms with Gasteiger partial charge in [0, 0.05) is 12.6 Å². The Morgan fingerprint density at radius 2 is 2.28 bits per heavy atom. The maximum atomic E-state index is 13.7. The molecule has 1 heterocycles. The second-order valence-electron chi connectivity index (χ2n) is 5.15. The summed E-state index contributed by atoms with van der Waals surface area (Å²) in [6, 6.07) is 3.29. The van der Waals surface area contributed by atoms with Crippen LogP contribution in [-0.2, 0) is 6.54 Å². The first kappa shape index (κ1) is 12.2. The Morgan fingerprint density at radius 3 is 2.94 bits per heavy atom. The predicted molar refractivity (Wildman–Crippen MR) is 78.7 cm³/mol. The van der Waals surface area contributed by atoms with E-state index in [9.17, 15) is 4.39 Å². The average molecular weight is 359 g/mol. The van der Waals surface area contributed by atoms with Gasteiger partial charge in [-0.1, -0.05) is 6.92 Å². The molecule has 3 nitrogen and oxygen atoms in total. The molecule has 0 saturated heterocycles. The zero-order valence-electron chi connectivity index (χ0n) is 10.2. The van der Waals surface area contributed by atoms with E-state index in [1.807, 2.05) is 27.2 Å². The summed E-state index contributed by atoms with van der Waals surface area (Å²) >= 11 is 1.97. The number of nitrogens with two attached hydrogens (primary N) is 1. The maximum Gasteiger partial charge on any atom is 0.201 e. The highest BCUT2D eigenvalue weighted by atomic mass is 127. The third kappa shape index (κ3) is 2.08. The van der Waals surface area contributed by atoms with E-state index in [4.69, 9.17) is 5.73 Å². The molecule has 2 aromatic rings. The zero-order valence-corrected chi connectivity index (χ0v) is 12.3. The number of hydrogen-bond acceptors (Lipinski definition) is 2. The number of nitrogens with zero attached hydrogens (tertiary/aromatic N) is 2. The number of anilines is 1. The highest BCUT2D eigenvalue weighted by molar-refractivity contribution is 14.1. The van der Waals surface area contributed by atoms with E-state index >= 15 is 0 Å². The molecule has 0 spiro atoms. The second-order valence-corrected chi connectivity index (χ2v) is 6.31. The Balaban J connectivity index is 2.04. The molecule has 96 valence electrons. The fraction of sp³-hybridized carbons (Fsp3) is 0.462. The van der Waals surface area contributed by atoms with Gasteiger partial charge in [0.05, 0.1) is 14.6 Å². The van der Waals surface area contributed by atoms with Gasteiger partial charge in [-0.2, -0.15) is 0 Å². The molecule has 3 rings (SSSR count). The summed E-state index contributed by atoms with van der Waals surface area (Å²) in [6.07, 6.45) is 2.61. The van der Waals surface area contributed by atoms with Gasteiger partial charge in [0.2, 0.25) is 5.95 Å². The standard InChI is InChI=1S/C13H15FIN3/c1-7(8-2-3-8)6-18-12-4-9(14)10(15)5-11(12)17-13(18)16/h4-5,7-8H,2-3,6H2,1H3,(H2,16,17). The number of aromatic nitrogens is 2. The fourth-order valence-electron chi connectivity index (χ4n) is 2.43. The van der Waals surface area contributed by atoms with E-state index in [0.29, 0.717) is 15.4 Å². The van der Waals surface area contributed by atoms with Crippen molar-refractivity contribution in [1.82, 2.24) is 9.55 Å². The van der Waals surface area contributed by atoms with Crippen molar-refractivity contribution < 1.29 is 4.39 Å². The zero-order chi connectivity index (χ0) is 12.9. The first-order chi connectivity index (χ1) is 8.56. The van der Waals surface area contributed by atoms with Crippen molar-refractivity contribution in [2.45, 2.75) is 26.3 Å². The van der Waals surface area contributed by atoms with Crippen molar-refractivity contribution in [3.63, 3.8) is 0 Å². The Kier molecular flexibility index (Phi) is 2.96. The van der Waals surface area contributed by atoms with Crippen molar-refractivity contribution in [2.75, 3.05) is 5.73 Å². The summed E-state index contributed by atoms with van der Waals surface area (Å²) < 4.78 is 16.2. The van der Waals surface area contributed by atoms with Gasteiger partial charge in [0.25, 0.3) is 0 Å². The van der Waals surface area contributed by atoms with E-state index in [0.717, 1.165) is 23.5 Å². The molecule has 1 fully saturated rings. The first-order valence-electron chi connectivity index (χ1n) is 6.17. The van der Waals surface area contributed by atoms with Gasteiger partial charge in [-0.3, -0.25) is 0 Å². The number of rotatable bonds is 3. The van der Waals surface area contributed by atoms with Gasteiger partial charge < -0.3 is 10.3 Å². The van der Waals surface area contributed by atoms with Crippen LogP contribution in [-0.4, -0.2) is 9.55 Å². The monoisotopic (exact) mass is 359 g/mol. The van der Waals surface area contributed by atoms with Crippen LogP contribution in [0.2, 0.25) is 0 Å². The number of halogens is 2. The molecule has 5 heteroatoms. The van der Waals surface area contributed by atoms with E-state index < -0.39 is 0 Å². The normalized spacial score (nSPS) is 17.3. The Morgan fingerprint density at radius 1 is 1.56 bits per heavy atom. The van der Waals surface area contributed by atoms with E-state index in [1.165, 1.54) is 12.8 Å². The second kappa shape index (κ2) is 4.36.